The number of aliphatic hydroxyl groups is 1. The largest absolute Gasteiger partial charge is 0.382 e. The van der Waals surface area contributed by atoms with E-state index >= 15 is 0 Å². The molecule has 1 rings (SSSR count). The SMILES string of the molecule is CC(C)Sc1ccc(CNC(=O)C(O)CN)cc1. The van der Waals surface area contributed by atoms with Gasteiger partial charge in [0, 0.05) is 23.2 Å². The molecule has 18 heavy (non-hydrogen) atoms. The number of nitrogens with one attached hydrogen (secondary N) is 1. The molecule has 0 bridgehead atoms. The Morgan fingerprint density at radius 2 is 2.00 bits per heavy atom. The molecule has 1 aromatic rings. The molecular formula is C13H20N2O2S. The molecule has 0 fully saturated rings. The van der Waals surface area contributed by atoms with Gasteiger partial charge < -0.3 is 16.2 Å². The molecule has 0 aliphatic rings. The molecule has 1 atom stereocenters. The summed E-state index contributed by atoms with van der Waals surface area (Å²) in [4.78, 5) is 12.5. The minimum absolute atomic E-state index is 0.0597. The fraction of sp³-hybridized carbons (Fsp3) is 0.462. The number of rotatable bonds is 6. The van der Waals surface area contributed by atoms with Gasteiger partial charge in [0.2, 0.25) is 5.91 Å². The molecule has 100 valence electrons. The van der Waals surface area contributed by atoms with Gasteiger partial charge in [0.05, 0.1) is 0 Å². The molecule has 0 spiro atoms. The predicted octanol–water partition coefficient (Wildman–Crippen LogP) is 1.12. The molecule has 1 unspecified atom stereocenters. The van der Waals surface area contributed by atoms with Crippen LogP contribution < -0.4 is 11.1 Å². The molecule has 1 amide bonds. The van der Waals surface area contributed by atoms with E-state index in [1.165, 1.54) is 4.90 Å². The van der Waals surface area contributed by atoms with Crippen LogP contribution >= 0.6 is 11.8 Å². The van der Waals surface area contributed by atoms with Crippen LogP contribution in [0.2, 0.25) is 0 Å². The predicted molar refractivity (Wildman–Crippen MR) is 74.3 cm³/mol. The average molecular weight is 268 g/mol. The fourth-order valence-electron chi connectivity index (χ4n) is 1.37. The minimum Gasteiger partial charge on any atom is -0.382 e. The molecule has 4 N–H and O–H groups in total. The third-order valence-corrected chi connectivity index (χ3v) is 3.30. The van der Waals surface area contributed by atoms with Crippen molar-refractivity contribution in [3.63, 3.8) is 0 Å². The Balaban J connectivity index is 2.46. The third-order valence-electron chi connectivity index (χ3n) is 2.29. The van der Waals surface area contributed by atoms with Gasteiger partial charge in [-0.15, -0.1) is 11.8 Å². The zero-order chi connectivity index (χ0) is 13.5. The Hall–Kier alpha value is -1.04. The first-order valence-corrected chi connectivity index (χ1v) is 6.82. The molecule has 5 heteroatoms. The second-order valence-electron chi connectivity index (χ2n) is 4.28. The van der Waals surface area contributed by atoms with E-state index in [-0.39, 0.29) is 6.54 Å². The highest BCUT2D eigenvalue weighted by molar-refractivity contribution is 7.99. The maximum atomic E-state index is 11.3. The molecule has 0 aliphatic heterocycles. The maximum absolute atomic E-state index is 11.3. The van der Waals surface area contributed by atoms with E-state index in [4.69, 9.17) is 5.73 Å². The van der Waals surface area contributed by atoms with Crippen molar-refractivity contribution >= 4 is 17.7 Å². The van der Waals surface area contributed by atoms with Crippen LogP contribution in [0.15, 0.2) is 29.2 Å². The summed E-state index contributed by atoms with van der Waals surface area (Å²) in [5.41, 5.74) is 6.20. The molecule has 0 saturated carbocycles. The van der Waals surface area contributed by atoms with Crippen molar-refractivity contribution in [2.24, 2.45) is 5.73 Å². The van der Waals surface area contributed by atoms with Crippen LogP contribution in [0.5, 0.6) is 0 Å². The number of amides is 1. The van der Waals surface area contributed by atoms with E-state index < -0.39 is 12.0 Å². The third kappa shape index (κ3) is 5.08. The number of nitrogens with two attached hydrogens (primary N) is 1. The van der Waals surface area contributed by atoms with Gasteiger partial charge in [-0.2, -0.15) is 0 Å². The van der Waals surface area contributed by atoms with Gasteiger partial charge in [-0.05, 0) is 17.7 Å². The second-order valence-corrected chi connectivity index (χ2v) is 5.93. The Morgan fingerprint density at radius 3 is 2.50 bits per heavy atom. The lowest BCUT2D eigenvalue weighted by Crippen LogP contribution is -2.38. The fourth-order valence-corrected chi connectivity index (χ4v) is 2.21. The van der Waals surface area contributed by atoms with Crippen molar-refractivity contribution in [2.75, 3.05) is 6.54 Å². The van der Waals surface area contributed by atoms with Crippen molar-refractivity contribution in [2.45, 2.75) is 36.6 Å². The highest BCUT2D eigenvalue weighted by Crippen LogP contribution is 2.22. The summed E-state index contributed by atoms with van der Waals surface area (Å²) in [5, 5.41) is 12.4. The Bertz CT molecular complexity index is 379. The van der Waals surface area contributed by atoms with Crippen molar-refractivity contribution < 1.29 is 9.90 Å². The molecular weight excluding hydrogens is 248 g/mol. The van der Waals surface area contributed by atoms with Crippen molar-refractivity contribution in [3.05, 3.63) is 29.8 Å². The number of hydrogen-bond donors (Lipinski definition) is 3. The topological polar surface area (TPSA) is 75.3 Å². The molecule has 0 aromatic heterocycles. The summed E-state index contributed by atoms with van der Waals surface area (Å²) in [6.07, 6.45) is -1.12. The smallest absolute Gasteiger partial charge is 0.250 e. The summed E-state index contributed by atoms with van der Waals surface area (Å²) < 4.78 is 0. The Labute approximate surface area is 112 Å². The first-order chi connectivity index (χ1) is 8.52. The van der Waals surface area contributed by atoms with Crippen LogP contribution in [-0.2, 0) is 11.3 Å². The zero-order valence-electron chi connectivity index (χ0n) is 10.7. The molecule has 0 aliphatic carbocycles. The van der Waals surface area contributed by atoms with Gasteiger partial charge in [-0.1, -0.05) is 26.0 Å². The normalized spacial score (nSPS) is 12.5. The first kappa shape index (κ1) is 15.0. The number of carbonyl (C=O) groups excluding carboxylic acids is 1. The maximum Gasteiger partial charge on any atom is 0.250 e. The van der Waals surface area contributed by atoms with Crippen LogP contribution in [0.25, 0.3) is 0 Å². The average Bonchev–Trinajstić information content (AvgIpc) is 2.36. The number of benzene rings is 1. The lowest BCUT2D eigenvalue weighted by atomic mass is 10.2. The molecule has 4 nitrogen and oxygen atoms in total. The highest BCUT2D eigenvalue weighted by Gasteiger charge is 2.11. The lowest BCUT2D eigenvalue weighted by Gasteiger charge is -2.10. The first-order valence-electron chi connectivity index (χ1n) is 5.94. The molecule has 0 radical (unpaired) electrons. The van der Waals surface area contributed by atoms with Crippen LogP contribution in [0.3, 0.4) is 0 Å². The van der Waals surface area contributed by atoms with Gasteiger partial charge >= 0.3 is 0 Å². The van der Waals surface area contributed by atoms with Crippen LogP contribution in [0.4, 0.5) is 0 Å². The number of hydrogen-bond acceptors (Lipinski definition) is 4. The number of aliphatic hydroxyl groups excluding tert-OH is 1. The quantitative estimate of drug-likeness (QED) is 0.676. The van der Waals surface area contributed by atoms with Gasteiger partial charge in [0.25, 0.3) is 0 Å². The Morgan fingerprint density at radius 1 is 1.39 bits per heavy atom. The zero-order valence-corrected chi connectivity index (χ0v) is 11.5. The molecule has 0 saturated heterocycles. The second kappa shape index (κ2) is 7.41. The van der Waals surface area contributed by atoms with Crippen LogP contribution in [0, 0.1) is 0 Å². The van der Waals surface area contributed by atoms with E-state index in [9.17, 15) is 9.90 Å². The lowest BCUT2D eigenvalue weighted by molar-refractivity contribution is -0.128. The summed E-state index contributed by atoms with van der Waals surface area (Å²) in [6.45, 7) is 4.64. The van der Waals surface area contributed by atoms with E-state index in [0.29, 0.717) is 11.8 Å². The molecule has 1 aromatic carbocycles. The van der Waals surface area contributed by atoms with Gasteiger partial charge in [0.1, 0.15) is 6.10 Å². The number of carbonyl (C=O) groups is 1. The monoisotopic (exact) mass is 268 g/mol. The van der Waals surface area contributed by atoms with Crippen molar-refractivity contribution in [1.29, 1.82) is 0 Å². The minimum atomic E-state index is -1.12. The molecule has 0 heterocycles. The van der Waals surface area contributed by atoms with Crippen LogP contribution in [0.1, 0.15) is 19.4 Å². The van der Waals surface area contributed by atoms with E-state index in [0.717, 1.165) is 5.56 Å². The summed E-state index contributed by atoms with van der Waals surface area (Å²) in [5.74, 6) is -0.432. The highest BCUT2D eigenvalue weighted by atomic mass is 32.2. The van der Waals surface area contributed by atoms with Gasteiger partial charge in [-0.3, -0.25) is 4.79 Å². The number of thioether (sulfide) groups is 1. The Kier molecular flexibility index (Phi) is 6.18. The van der Waals surface area contributed by atoms with Crippen molar-refractivity contribution in [3.8, 4) is 0 Å². The van der Waals surface area contributed by atoms with Gasteiger partial charge in [-0.25, -0.2) is 0 Å². The summed E-state index contributed by atoms with van der Waals surface area (Å²) in [6, 6.07) is 8.01. The summed E-state index contributed by atoms with van der Waals surface area (Å²) >= 11 is 1.80. The van der Waals surface area contributed by atoms with E-state index in [2.05, 4.69) is 19.2 Å². The van der Waals surface area contributed by atoms with Gasteiger partial charge in [0.15, 0.2) is 0 Å². The van der Waals surface area contributed by atoms with E-state index in [1.54, 1.807) is 11.8 Å². The van der Waals surface area contributed by atoms with E-state index in [1.807, 2.05) is 24.3 Å². The summed E-state index contributed by atoms with van der Waals surface area (Å²) in [7, 11) is 0. The standard InChI is InChI=1S/C13H20N2O2S/c1-9(2)18-11-5-3-10(4-6-11)8-15-13(17)12(16)7-14/h3-6,9,12,16H,7-8,14H2,1-2H3,(H,15,17). The van der Waals surface area contributed by atoms with Crippen LogP contribution in [-0.4, -0.2) is 28.9 Å². The van der Waals surface area contributed by atoms with Crippen molar-refractivity contribution in [1.82, 2.24) is 5.32 Å².